The first-order valence-electron chi connectivity index (χ1n) is 10.0. The van der Waals surface area contributed by atoms with Gasteiger partial charge in [0.05, 0.1) is 10.6 Å². The largest absolute Gasteiger partial charge is 0.484 e. The Balaban J connectivity index is 1.45. The molecule has 0 aliphatic rings. The smallest absolute Gasteiger partial charge is 0.264 e. The van der Waals surface area contributed by atoms with Gasteiger partial charge in [-0.1, -0.05) is 48.5 Å². The number of benzene rings is 3. The zero-order valence-corrected chi connectivity index (χ0v) is 18.2. The van der Waals surface area contributed by atoms with Gasteiger partial charge in [-0.2, -0.15) is 0 Å². The monoisotopic (exact) mass is 438 g/mol. The maximum atomic E-state index is 12.7. The Hall–Kier alpha value is -3.32. The third-order valence-corrected chi connectivity index (χ3v) is 6.58. The van der Waals surface area contributed by atoms with Crippen molar-refractivity contribution in [3.63, 3.8) is 0 Å². The minimum absolute atomic E-state index is 0.0944. The average Bonchev–Trinajstić information content (AvgIpc) is 2.81. The fourth-order valence-corrected chi connectivity index (χ4v) is 4.22. The molecule has 6 nitrogen and oxygen atoms in total. The number of aryl methyl sites for hydroxylation is 1. The van der Waals surface area contributed by atoms with E-state index in [0.29, 0.717) is 18.0 Å². The van der Waals surface area contributed by atoms with E-state index in [2.05, 4.69) is 17.4 Å². The van der Waals surface area contributed by atoms with Crippen LogP contribution in [0, 0.1) is 0 Å². The molecule has 0 aromatic heterocycles. The number of amides is 1. The summed E-state index contributed by atoms with van der Waals surface area (Å²) in [6.07, 6.45) is 1.76. The van der Waals surface area contributed by atoms with Crippen LogP contribution in [0.1, 0.15) is 12.0 Å². The second kappa shape index (κ2) is 10.6. The van der Waals surface area contributed by atoms with Crippen LogP contribution in [0.2, 0.25) is 0 Å². The lowest BCUT2D eigenvalue weighted by Gasteiger charge is -2.19. The second-order valence-electron chi connectivity index (χ2n) is 7.01. The summed E-state index contributed by atoms with van der Waals surface area (Å²) in [5, 5.41) is 2.84. The Kier molecular flexibility index (Phi) is 7.67. The van der Waals surface area contributed by atoms with Gasteiger partial charge in [0, 0.05) is 13.6 Å². The minimum Gasteiger partial charge on any atom is -0.484 e. The molecule has 0 atom stereocenters. The molecule has 0 bridgehead atoms. The predicted octanol–water partition coefficient (Wildman–Crippen LogP) is 3.64. The van der Waals surface area contributed by atoms with Crippen LogP contribution in [0.4, 0.5) is 5.69 Å². The molecule has 1 N–H and O–H groups in total. The standard InChI is InChI=1S/C24H26N2O4S/c1-26(31(28,29)23-12-6-3-7-13-23)21-14-16-22(17-15-21)30-19-24(27)25-18-8-11-20-9-4-2-5-10-20/h2-7,9-10,12-17H,8,11,18-19H2,1H3,(H,25,27). The summed E-state index contributed by atoms with van der Waals surface area (Å²) >= 11 is 0. The van der Waals surface area contributed by atoms with Gasteiger partial charge in [-0.15, -0.1) is 0 Å². The van der Waals surface area contributed by atoms with Gasteiger partial charge in [-0.25, -0.2) is 8.42 Å². The van der Waals surface area contributed by atoms with E-state index in [1.54, 1.807) is 54.6 Å². The molecule has 0 spiro atoms. The molecule has 0 saturated carbocycles. The van der Waals surface area contributed by atoms with Crippen molar-refractivity contribution in [2.75, 3.05) is 24.5 Å². The quantitative estimate of drug-likeness (QED) is 0.491. The van der Waals surface area contributed by atoms with Crippen LogP contribution in [0.25, 0.3) is 0 Å². The summed E-state index contributed by atoms with van der Waals surface area (Å²) in [7, 11) is -2.13. The lowest BCUT2D eigenvalue weighted by molar-refractivity contribution is -0.123. The van der Waals surface area contributed by atoms with Crippen molar-refractivity contribution in [1.29, 1.82) is 0 Å². The Morgan fingerprint density at radius 3 is 2.16 bits per heavy atom. The number of carbonyl (C=O) groups is 1. The van der Waals surface area contributed by atoms with Crippen molar-refractivity contribution in [1.82, 2.24) is 5.32 Å². The van der Waals surface area contributed by atoms with Gasteiger partial charge in [0.25, 0.3) is 15.9 Å². The molecule has 0 heterocycles. The van der Waals surface area contributed by atoms with E-state index in [1.165, 1.54) is 16.9 Å². The molecule has 3 aromatic carbocycles. The van der Waals surface area contributed by atoms with Crippen molar-refractivity contribution in [2.24, 2.45) is 0 Å². The van der Waals surface area contributed by atoms with Gasteiger partial charge in [-0.05, 0) is 54.8 Å². The molecule has 0 radical (unpaired) electrons. The van der Waals surface area contributed by atoms with Gasteiger partial charge < -0.3 is 10.1 Å². The third-order valence-electron chi connectivity index (χ3n) is 4.78. The molecule has 7 heteroatoms. The van der Waals surface area contributed by atoms with Gasteiger partial charge in [0.1, 0.15) is 5.75 Å². The molecule has 0 aliphatic carbocycles. The van der Waals surface area contributed by atoms with E-state index in [0.717, 1.165) is 12.8 Å². The molecule has 1 amide bonds. The third kappa shape index (κ3) is 6.33. The number of nitrogens with one attached hydrogen (secondary N) is 1. The zero-order chi connectivity index (χ0) is 22.1. The number of ether oxygens (including phenoxy) is 1. The topological polar surface area (TPSA) is 75.7 Å². The molecule has 0 saturated heterocycles. The van der Waals surface area contributed by atoms with E-state index in [1.807, 2.05) is 18.2 Å². The number of sulfonamides is 1. The molecule has 31 heavy (non-hydrogen) atoms. The van der Waals surface area contributed by atoms with Crippen molar-refractivity contribution < 1.29 is 17.9 Å². The van der Waals surface area contributed by atoms with E-state index < -0.39 is 10.0 Å². The Morgan fingerprint density at radius 2 is 1.52 bits per heavy atom. The van der Waals surface area contributed by atoms with Gasteiger partial charge in [0.15, 0.2) is 6.61 Å². The second-order valence-corrected chi connectivity index (χ2v) is 8.98. The normalized spacial score (nSPS) is 11.0. The van der Waals surface area contributed by atoms with Crippen molar-refractivity contribution in [3.8, 4) is 5.75 Å². The lowest BCUT2D eigenvalue weighted by atomic mass is 10.1. The highest BCUT2D eigenvalue weighted by atomic mass is 32.2. The van der Waals surface area contributed by atoms with E-state index in [-0.39, 0.29) is 17.4 Å². The highest BCUT2D eigenvalue weighted by Crippen LogP contribution is 2.24. The molecule has 0 unspecified atom stereocenters. The number of hydrogen-bond acceptors (Lipinski definition) is 4. The summed E-state index contributed by atoms with van der Waals surface area (Å²) < 4.78 is 32.1. The fraction of sp³-hybridized carbons (Fsp3) is 0.208. The lowest BCUT2D eigenvalue weighted by Crippen LogP contribution is -2.30. The number of carbonyl (C=O) groups excluding carboxylic acids is 1. The van der Waals surface area contributed by atoms with Crippen LogP contribution in [0.5, 0.6) is 5.75 Å². The summed E-state index contributed by atoms with van der Waals surface area (Å²) in [5.41, 5.74) is 1.74. The first-order valence-corrected chi connectivity index (χ1v) is 11.5. The summed E-state index contributed by atoms with van der Waals surface area (Å²) in [5.74, 6) is 0.301. The van der Waals surface area contributed by atoms with Crippen LogP contribution in [0.3, 0.4) is 0 Å². The van der Waals surface area contributed by atoms with Crippen LogP contribution in [0.15, 0.2) is 89.8 Å². The Labute approximate surface area is 183 Å². The predicted molar refractivity (Wildman–Crippen MR) is 122 cm³/mol. The summed E-state index contributed by atoms with van der Waals surface area (Å²) in [4.78, 5) is 12.2. The summed E-state index contributed by atoms with van der Waals surface area (Å²) in [6.45, 7) is 0.487. The molecule has 3 aromatic rings. The number of anilines is 1. The van der Waals surface area contributed by atoms with Gasteiger partial charge in [-0.3, -0.25) is 9.10 Å². The zero-order valence-electron chi connectivity index (χ0n) is 17.4. The van der Waals surface area contributed by atoms with E-state index >= 15 is 0 Å². The van der Waals surface area contributed by atoms with Gasteiger partial charge >= 0.3 is 0 Å². The number of hydrogen-bond donors (Lipinski definition) is 1. The molecule has 0 aliphatic heterocycles. The Morgan fingerprint density at radius 1 is 0.903 bits per heavy atom. The first kappa shape index (κ1) is 22.4. The van der Waals surface area contributed by atoms with Crippen molar-refractivity contribution in [3.05, 3.63) is 90.5 Å². The SMILES string of the molecule is CN(c1ccc(OCC(=O)NCCCc2ccccc2)cc1)S(=O)(=O)c1ccccc1. The van der Waals surface area contributed by atoms with Crippen LogP contribution < -0.4 is 14.4 Å². The number of nitrogens with zero attached hydrogens (tertiary/aromatic N) is 1. The van der Waals surface area contributed by atoms with Gasteiger partial charge in [0.2, 0.25) is 0 Å². The molecule has 3 rings (SSSR count). The minimum atomic E-state index is -3.64. The average molecular weight is 439 g/mol. The fourth-order valence-electron chi connectivity index (χ4n) is 3.01. The first-order chi connectivity index (χ1) is 15.0. The highest BCUT2D eigenvalue weighted by molar-refractivity contribution is 7.92. The van der Waals surface area contributed by atoms with Crippen LogP contribution in [-0.4, -0.2) is 34.5 Å². The van der Waals surface area contributed by atoms with E-state index in [9.17, 15) is 13.2 Å². The van der Waals surface area contributed by atoms with Crippen molar-refractivity contribution >= 4 is 21.6 Å². The number of rotatable bonds is 10. The maximum Gasteiger partial charge on any atom is 0.264 e. The molecular formula is C24H26N2O4S. The highest BCUT2D eigenvalue weighted by Gasteiger charge is 2.20. The van der Waals surface area contributed by atoms with Crippen LogP contribution >= 0.6 is 0 Å². The van der Waals surface area contributed by atoms with Crippen LogP contribution in [-0.2, 0) is 21.2 Å². The maximum absolute atomic E-state index is 12.7. The molecule has 162 valence electrons. The van der Waals surface area contributed by atoms with E-state index in [4.69, 9.17) is 4.74 Å². The molecular weight excluding hydrogens is 412 g/mol. The summed E-state index contributed by atoms with van der Waals surface area (Å²) in [6, 6.07) is 25.0. The van der Waals surface area contributed by atoms with Crippen molar-refractivity contribution in [2.45, 2.75) is 17.7 Å². The molecule has 0 fully saturated rings. The Bertz CT molecular complexity index is 1070.